The molecular weight excluding hydrogens is 432 g/mol. The normalized spacial score (nSPS) is 13.4. The van der Waals surface area contributed by atoms with E-state index >= 15 is 0 Å². The van der Waals surface area contributed by atoms with E-state index in [1.54, 1.807) is 60.7 Å². The van der Waals surface area contributed by atoms with Crippen LogP contribution in [0.1, 0.15) is 38.8 Å². The Morgan fingerprint density at radius 2 is 1.41 bits per heavy atom. The number of aryl methyl sites for hydroxylation is 1. The zero-order chi connectivity index (χ0) is 24.1. The van der Waals surface area contributed by atoms with E-state index < -0.39 is 36.3 Å². The van der Waals surface area contributed by atoms with Gasteiger partial charge in [-0.25, -0.2) is 4.79 Å². The number of nitrogens with one attached hydrogen (secondary N) is 1. The van der Waals surface area contributed by atoms with Gasteiger partial charge in [-0.2, -0.15) is 0 Å². The van der Waals surface area contributed by atoms with Crippen molar-refractivity contribution in [3.8, 4) is 0 Å². The van der Waals surface area contributed by atoms with E-state index in [9.17, 15) is 19.2 Å². The monoisotopic (exact) mass is 456 g/mol. The number of amides is 3. The Labute approximate surface area is 197 Å². The summed E-state index contributed by atoms with van der Waals surface area (Å²) in [5, 5.41) is 2.67. The molecule has 0 saturated carbocycles. The van der Waals surface area contributed by atoms with E-state index in [1.807, 2.05) is 25.1 Å². The highest BCUT2D eigenvalue weighted by molar-refractivity contribution is 6.22. The molecule has 0 aliphatic carbocycles. The van der Waals surface area contributed by atoms with Crippen LogP contribution in [0, 0.1) is 0 Å². The fraction of sp³-hybridized carbons (Fsp3) is 0.185. The lowest BCUT2D eigenvalue weighted by Crippen LogP contribution is -2.47. The van der Waals surface area contributed by atoms with E-state index in [2.05, 4.69) is 5.32 Å². The summed E-state index contributed by atoms with van der Waals surface area (Å²) in [6, 6.07) is 21.6. The van der Waals surface area contributed by atoms with Crippen molar-refractivity contribution in [3.63, 3.8) is 0 Å². The summed E-state index contributed by atoms with van der Waals surface area (Å²) in [5.74, 6) is -2.45. The predicted octanol–water partition coefficient (Wildman–Crippen LogP) is 3.64. The van der Waals surface area contributed by atoms with Crippen molar-refractivity contribution in [3.05, 3.63) is 101 Å². The molecule has 0 fully saturated rings. The molecule has 0 aromatic heterocycles. The third-order valence-corrected chi connectivity index (χ3v) is 5.67. The number of imide groups is 1. The van der Waals surface area contributed by atoms with Gasteiger partial charge in [-0.15, -0.1) is 0 Å². The SMILES string of the molecule is CCc1ccc(NC(=O)COC(=O)[C@@H](Cc2ccccc2)N2C(=O)c3ccccc3C2=O)cc1. The third kappa shape index (κ3) is 4.88. The molecular formula is C27H24N2O5. The number of carbonyl (C=O) groups is 4. The summed E-state index contributed by atoms with van der Waals surface area (Å²) < 4.78 is 5.27. The maximum absolute atomic E-state index is 13.1. The summed E-state index contributed by atoms with van der Waals surface area (Å²) in [6.07, 6.45) is 0.956. The number of carbonyl (C=O) groups excluding carboxylic acids is 4. The van der Waals surface area contributed by atoms with Gasteiger partial charge in [-0.1, -0.05) is 61.5 Å². The second-order valence-electron chi connectivity index (χ2n) is 7.94. The average molecular weight is 456 g/mol. The van der Waals surface area contributed by atoms with Gasteiger partial charge in [-0.05, 0) is 41.8 Å². The Kier molecular flexibility index (Phi) is 6.82. The third-order valence-electron chi connectivity index (χ3n) is 5.67. The van der Waals surface area contributed by atoms with Crippen molar-refractivity contribution in [1.29, 1.82) is 0 Å². The number of ether oxygens (including phenoxy) is 1. The maximum atomic E-state index is 13.1. The highest BCUT2D eigenvalue weighted by Gasteiger charge is 2.43. The smallest absolute Gasteiger partial charge is 0.330 e. The minimum absolute atomic E-state index is 0.0746. The van der Waals surface area contributed by atoms with Gasteiger partial charge in [0.1, 0.15) is 6.04 Å². The van der Waals surface area contributed by atoms with E-state index in [0.29, 0.717) is 5.69 Å². The fourth-order valence-electron chi connectivity index (χ4n) is 3.86. The Bertz CT molecular complexity index is 1190. The molecule has 1 heterocycles. The van der Waals surface area contributed by atoms with Crippen molar-refractivity contribution in [2.45, 2.75) is 25.8 Å². The number of esters is 1. The van der Waals surface area contributed by atoms with Crippen LogP contribution in [0.3, 0.4) is 0 Å². The topological polar surface area (TPSA) is 92.8 Å². The summed E-state index contributed by atoms with van der Waals surface area (Å²) >= 11 is 0. The van der Waals surface area contributed by atoms with Crippen molar-refractivity contribution >= 4 is 29.4 Å². The Morgan fingerprint density at radius 1 is 0.824 bits per heavy atom. The molecule has 4 rings (SSSR count). The molecule has 0 spiro atoms. The number of benzene rings is 3. The van der Waals surface area contributed by atoms with E-state index in [-0.39, 0.29) is 17.5 Å². The second-order valence-corrected chi connectivity index (χ2v) is 7.94. The first-order valence-corrected chi connectivity index (χ1v) is 11.0. The molecule has 1 aliphatic rings. The molecule has 3 aromatic carbocycles. The lowest BCUT2D eigenvalue weighted by molar-refractivity contribution is -0.151. The Balaban J connectivity index is 1.48. The van der Waals surface area contributed by atoms with Crippen LogP contribution in [0.2, 0.25) is 0 Å². The molecule has 172 valence electrons. The maximum Gasteiger partial charge on any atom is 0.330 e. The summed E-state index contributed by atoms with van der Waals surface area (Å²) in [5.41, 5.74) is 2.95. The highest BCUT2D eigenvalue weighted by Crippen LogP contribution is 2.26. The van der Waals surface area contributed by atoms with E-state index in [1.165, 1.54) is 0 Å². The number of anilines is 1. The van der Waals surface area contributed by atoms with Gasteiger partial charge in [0.25, 0.3) is 17.7 Å². The van der Waals surface area contributed by atoms with Crippen LogP contribution in [-0.2, 0) is 27.2 Å². The molecule has 34 heavy (non-hydrogen) atoms. The zero-order valence-electron chi connectivity index (χ0n) is 18.7. The van der Waals surface area contributed by atoms with Crippen LogP contribution in [0.15, 0.2) is 78.9 Å². The van der Waals surface area contributed by atoms with E-state index in [0.717, 1.165) is 22.4 Å². The van der Waals surface area contributed by atoms with Crippen LogP contribution in [0.25, 0.3) is 0 Å². The van der Waals surface area contributed by atoms with Gasteiger partial charge >= 0.3 is 5.97 Å². The molecule has 0 radical (unpaired) electrons. The first kappa shape index (κ1) is 22.9. The lowest BCUT2D eigenvalue weighted by atomic mass is 10.0. The van der Waals surface area contributed by atoms with Gasteiger partial charge in [0.05, 0.1) is 11.1 Å². The second kappa shape index (κ2) is 10.1. The van der Waals surface area contributed by atoms with Crippen LogP contribution >= 0.6 is 0 Å². The minimum atomic E-state index is -1.20. The molecule has 0 unspecified atom stereocenters. The van der Waals surface area contributed by atoms with Crippen molar-refractivity contribution in [1.82, 2.24) is 4.90 Å². The molecule has 7 nitrogen and oxygen atoms in total. The van der Waals surface area contributed by atoms with Gasteiger partial charge in [0.2, 0.25) is 0 Å². The summed E-state index contributed by atoms with van der Waals surface area (Å²) in [6.45, 7) is 1.50. The van der Waals surface area contributed by atoms with E-state index in [4.69, 9.17) is 4.74 Å². The van der Waals surface area contributed by atoms with Gasteiger partial charge in [0.15, 0.2) is 6.61 Å². The average Bonchev–Trinajstić information content (AvgIpc) is 3.12. The number of fused-ring (bicyclic) bond motifs is 1. The molecule has 0 bridgehead atoms. The molecule has 3 amide bonds. The first-order chi connectivity index (χ1) is 16.5. The zero-order valence-corrected chi connectivity index (χ0v) is 18.7. The fourth-order valence-corrected chi connectivity index (χ4v) is 3.86. The molecule has 1 aliphatic heterocycles. The number of nitrogens with zero attached hydrogens (tertiary/aromatic N) is 1. The highest BCUT2D eigenvalue weighted by atomic mass is 16.5. The van der Waals surface area contributed by atoms with Gasteiger partial charge in [-0.3, -0.25) is 19.3 Å². The van der Waals surface area contributed by atoms with Crippen molar-refractivity contribution in [2.75, 3.05) is 11.9 Å². The van der Waals surface area contributed by atoms with Crippen molar-refractivity contribution < 1.29 is 23.9 Å². The molecule has 0 saturated heterocycles. The lowest BCUT2D eigenvalue weighted by Gasteiger charge is -2.24. The number of hydrogen-bond acceptors (Lipinski definition) is 5. The summed E-state index contributed by atoms with van der Waals surface area (Å²) in [7, 11) is 0. The Morgan fingerprint density at radius 3 is 2.00 bits per heavy atom. The van der Waals surface area contributed by atoms with Crippen LogP contribution in [-0.4, -0.2) is 41.2 Å². The summed E-state index contributed by atoms with van der Waals surface area (Å²) in [4.78, 5) is 52.3. The largest absolute Gasteiger partial charge is 0.454 e. The van der Waals surface area contributed by atoms with Crippen LogP contribution in [0.5, 0.6) is 0 Å². The van der Waals surface area contributed by atoms with Crippen LogP contribution < -0.4 is 5.32 Å². The van der Waals surface area contributed by atoms with Gasteiger partial charge in [0, 0.05) is 12.1 Å². The minimum Gasteiger partial charge on any atom is -0.454 e. The molecule has 3 aromatic rings. The van der Waals surface area contributed by atoms with Crippen LogP contribution in [0.4, 0.5) is 5.69 Å². The Hall–Kier alpha value is -4.26. The standard InChI is InChI=1S/C27H24N2O5/c1-2-18-12-14-20(15-13-18)28-24(30)17-34-27(33)23(16-19-8-4-3-5-9-19)29-25(31)21-10-6-7-11-22(21)26(29)32/h3-15,23H,2,16-17H2,1H3,(H,28,30)/t23-/m1/s1. The quantitative estimate of drug-likeness (QED) is 0.413. The number of hydrogen-bond donors (Lipinski definition) is 1. The first-order valence-electron chi connectivity index (χ1n) is 11.0. The van der Waals surface area contributed by atoms with Crippen molar-refractivity contribution in [2.24, 2.45) is 0 Å². The molecule has 1 atom stereocenters. The molecule has 7 heteroatoms. The van der Waals surface area contributed by atoms with Gasteiger partial charge < -0.3 is 10.1 Å². The number of rotatable bonds is 8. The molecule has 1 N–H and O–H groups in total. The predicted molar refractivity (Wildman–Crippen MR) is 126 cm³/mol.